The van der Waals surface area contributed by atoms with Crippen molar-refractivity contribution < 1.29 is 4.74 Å². The molecule has 1 unspecified atom stereocenters. The lowest BCUT2D eigenvalue weighted by molar-refractivity contribution is -0.0211. The maximum absolute atomic E-state index is 5.77. The summed E-state index contributed by atoms with van der Waals surface area (Å²) in [6.07, 6.45) is 4.10. The molecule has 0 aliphatic heterocycles. The van der Waals surface area contributed by atoms with E-state index in [1.54, 1.807) is 0 Å². The van der Waals surface area contributed by atoms with Gasteiger partial charge in [0.25, 0.3) is 0 Å². The van der Waals surface area contributed by atoms with E-state index in [2.05, 4.69) is 24.1 Å². The van der Waals surface area contributed by atoms with Crippen molar-refractivity contribution in [2.45, 2.75) is 59.1 Å². The Kier molecular flexibility index (Phi) is 4.17. The van der Waals surface area contributed by atoms with Gasteiger partial charge in [-0.3, -0.25) is 0 Å². The molecule has 1 heterocycles. The van der Waals surface area contributed by atoms with Crippen molar-refractivity contribution in [2.75, 3.05) is 13.7 Å². The zero-order valence-electron chi connectivity index (χ0n) is 13.6. The van der Waals surface area contributed by atoms with Gasteiger partial charge in [-0.2, -0.15) is 0 Å². The molecule has 4 heteroatoms. The van der Waals surface area contributed by atoms with Crippen molar-refractivity contribution in [3.05, 3.63) is 23.3 Å². The summed E-state index contributed by atoms with van der Waals surface area (Å²) in [5, 5.41) is 3.39. The highest BCUT2D eigenvalue weighted by atomic mass is 16.5. The van der Waals surface area contributed by atoms with Crippen molar-refractivity contribution in [3.63, 3.8) is 0 Å². The van der Waals surface area contributed by atoms with Crippen LogP contribution in [0.5, 0.6) is 0 Å². The molecule has 0 amide bonds. The number of aromatic nitrogens is 2. The first-order chi connectivity index (χ1) is 9.29. The van der Waals surface area contributed by atoms with E-state index >= 15 is 0 Å². The number of ether oxygens (including phenoxy) is 1. The molecule has 0 saturated carbocycles. The number of rotatable bonds is 4. The molecule has 1 aromatic heterocycles. The van der Waals surface area contributed by atoms with Gasteiger partial charge in [-0.15, -0.1) is 0 Å². The first-order valence-corrected chi connectivity index (χ1v) is 7.46. The third-order valence-corrected chi connectivity index (χ3v) is 4.07. The van der Waals surface area contributed by atoms with Gasteiger partial charge in [0.05, 0.1) is 0 Å². The molecule has 112 valence electrons. The number of nitrogens with one attached hydrogen (secondary N) is 1. The lowest BCUT2D eigenvalue weighted by Gasteiger charge is -2.36. The molecule has 20 heavy (non-hydrogen) atoms. The zero-order valence-corrected chi connectivity index (χ0v) is 13.6. The van der Waals surface area contributed by atoms with Gasteiger partial charge in [-0.1, -0.05) is 13.8 Å². The van der Waals surface area contributed by atoms with E-state index in [9.17, 15) is 0 Å². The third kappa shape index (κ3) is 3.01. The second-order valence-electron chi connectivity index (χ2n) is 6.93. The van der Waals surface area contributed by atoms with Crippen LogP contribution in [0.25, 0.3) is 0 Å². The average Bonchev–Trinajstić information content (AvgIpc) is 2.35. The maximum atomic E-state index is 5.77. The van der Waals surface area contributed by atoms with Crippen LogP contribution >= 0.6 is 0 Å². The van der Waals surface area contributed by atoms with Crippen LogP contribution in [0.3, 0.4) is 0 Å². The van der Waals surface area contributed by atoms with Gasteiger partial charge in [-0.25, -0.2) is 9.97 Å². The number of nitrogens with zero attached hydrogens (tertiary/aromatic N) is 2. The quantitative estimate of drug-likeness (QED) is 0.919. The topological polar surface area (TPSA) is 47.0 Å². The van der Waals surface area contributed by atoms with Crippen LogP contribution in [-0.2, 0) is 16.8 Å². The van der Waals surface area contributed by atoms with E-state index in [0.717, 1.165) is 18.7 Å². The minimum Gasteiger partial charge on any atom is -0.368 e. The SMILES string of the molecule is CCOC(C)(C)c1ncc2c(n1)CC(C)(C)CC2NC. The molecule has 0 aromatic carbocycles. The highest BCUT2D eigenvalue weighted by Gasteiger charge is 2.34. The van der Waals surface area contributed by atoms with E-state index in [4.69, 9.17) is 9.72 Å². The molecule has 1 N–H and O–H groups in total. The molecular weight excluding hydrogens is 250 g/mol. The summed E-state index contributed by atoms with van der Waals surface area (Å²) in [7, 11) is 2.01. The first kappa shape index (κ1) is 15.4. The predicted molar refractivity (Wildman–Crippen MR) is 80.6 cm³/mol. The van der Waals surface area contributed by atoms with Crippen molar-refractivity contribution >= 4 is 0 Å². The summed E-state index contributed by atoms with van der Waals surface area (Å²) < 4.78 is 5.77. The fourth-order valence-electron chi connectivity index (χ4n) is 3.02. The Morgan fingerprint density at radius 2 is 2.15 bits per heavy atom. The molecule has 1 aliphatic carbocycles. The average molecular weight is 277 g/mol. The highest BCUT2D eigenvalue weighted by Crippen LogP contribution is 2.40. The van der Waals surface area contributed by atoms with Crippen LogP contribution < -0.4 is 5.32 Å². The Morgan fingerprint density at radius 3 is 2.75 bits per heavy atom. The second-order valence-corrected chi connectivity index (χ2v) is 6.93. The minimum absolute atomic E-state index is 0.266. The zero-order chi connectivity index (χ0) is 15.0. The molecule has 0 spiro atoms. The Morgan fingerprint density at radius 1 is 1.45 bits per heavy atom. The van der Waals surface area contributed by atoms with Crippen LogP contribution in [0, 0.1) is 5.41 Å². The minimum atomic E-state index is -0.430. The molecular formula is C16H27N3O. The molecule has 2 rings (SSSR count). The number of hydrogen-bond donors (Lipinski definition) is 1. The number of fused-ring (bicyclic) bond motifs is 1. The molecule has 0 saturated heterocycles. The van der Waals surface area contributed by atoms with Crippen LogP contribution in [0.2, 0.25) is 0 Å². The summed E-state index contributed by atoms with van der Waals surface area (Å²) >= 11 is 0. The fraction of sp³-hybridized carbons (Fsp3) is 0.750. The Labute approximate surface area is 122 Å². The molecule has 1 aromatic rings. The van der Waals surface area contributed by atoms with Crippen LogP contribution in [0.15, 0.2) is 6.20 Å². The fourth-order valence-corrected chi connectivity index (χ4v) is 3.02. The van der Waals surface area contributed by atoms with Gasteiger partial charge < -0.3 is 10.1 Å². The monoisotopic (exact) mass is 277 g/mol. The smallest absolute Gasteiger partial charge is 0.159 e. The molecule has 0 bridgehead atoms. The Bertz CT molecular complexity index is 483. The van der Waals surface area contributed by atoms with Gasteiger partial charge >= 0.3 is 0 Å². The van der Waals surface area contributed by atoms with Crippen molar-refractivity contribution in [3.8, 4) is 0 Å². The van der Waals surface area contributed by atoms with Crippen molar-refractivity contribution in [1.29, 1.82) is 0 Å². The molecule has 4 nitrogen and oxygen atoms in total. The number of hydrogen-bond acceptors (Lipinski definition) is 4. The summed E-state index contributed by atoms with van der Waals surface area (Å²) in [6, 6.07) is 0.345. The molecule has 0 radical (unpaired) electrons. The summed E-state index contributed by atoms with van der Waals surface area (Å²) in [4.78, 5) is 9.37. The molecule has 0 fully saturated rings. The van der Waals surface area contributed by atoms with E-state index in [-0.39, 0.29) is 5.41 Å². The summed E-state index contributed by atoms with van der Waals surface area (Å²) in [6.45, 7) is 11.3. The normalized spacial score (nSPS) is 21.6. The predicted octanol–water partition coefficient (Wildman–Crippen LogP) is 2.98. The van der Waals surface area contributed by atoms with Gasteiger partial charge in [0.1, 0.15) is 5.60 Å². The summed E-state index contributed by atoms with van der Waals surface area (Å²) in [5.41, 5.74) is 2.24. The highest BCUT2D eigenvalue weighted by molar-refractivity contribution is 5.27. The lowest BCUT2D eigenvalue weighted by Crippen LogP contribution is -2.34. The van der Waals surface area contributed by atoms with E-state index < -0.39 is 5.60 Å². The van der Waals surface area contributed by atoms with Gasteiger partial charge in [0.15, 0.2) is 5.82 Å². The van der Waals surface area contributed by atoms with E-state index in [0.29, 0.717) is 12.6 Å². The Hall–Kier alpha value is -1.00. The Balaban J connectivity index is 2.40. The van der Waals surface area contributed by atoms with Gasteiger partial charge in [0, 0.05) is 30.1 Å². The van der Waals surface area contributed by atoms with Gasteiger partial charge in [-0.05, 0) is 46.1 Å². The van der Waals surface area contributed by atoms with E-state index in [1.165, 1.54) is 11.3 Å². The molecule has 1 aliphatic rings. The van der Waals surface area contributed by atoms with Gasteiger partial charge in [0.2, 0.25) is 0 Å². The van der Waals surface area contributed by atoms with E-state index in [1.807, 2.05) is 34.0 Å². The second kappa shape index (κ2) is 5.41. The lowest BCUT2D eigenvalue weighted by atomic mass is 9.74. The standard InChI is InChI=1S/C16H27N3O/c1-7-20-16(4,5)14-18-10-11-12(17-6)8-15(2,3)9-13(11)19-14/h10,12,17H,7-9H2,1-6H3. The maximum Gasteiger partial charge on any atom is 0.159 e. The van der Waals surface area contributed by atoms with Crippen LogP contribution in [0.1, 0.15) is 64.2 Å². The summed E-state index contributed by atoms with van der Waals surface area (Å²) in [5.74, 6) is 0.783. The van der Waals surface area contributed by atoms with Crippen LogP contribution in [-0.4, -0.2) is 23.6 Å². The third-order valence-electron chi connectivity index (χ3n) is 4.07. The van der Waals surface area contributed by atoms with Crippen LogP contribution in [0.4, 0.5) is 0 Å². The van der Waals surface area contributed by atoms with Crippen molar-refractivity contribution in [1.82, 2.24) is 15.3 Å². The van der Waals surface area contributed by atoms with Crippen molar-refractivity contribution in [2.24, 2.45) is 5.41 Å². The largest absolute Gasteiger partial charge is 0.368 e. The first-order valence-electron chi connectivity index (χ1n) is 7.46. The molecule has 1 atom stereocenters.